The second-order valence-electron chi connectivity index (χ2n) is 9.64. The highest BCUT2D eigenvalue weighted by Crippen LogP contribution is 2.61. The minimum absolute atomic E-state index is 0.0669. The molecule has 1 amide bonds. The van der Waals surface area contributed by atoms with E-state index in [1.807, 2.05) is 0 Å². The van der Waals surface area contributed by atoms with Crippen LogP contribution < -0.4 is 21.5 Å². The van der Waals surface area contributed by atoms with Crippen molar-refractivity contribution in [3.05, 3.63) is 21.0 Å². The van der Waals surface area contributed by atoms with E-state index in [-0.39, 0.29) is 18.0 Å². The van der Waals surface area contributed by atoms with Gasteiger partial charge in [-0.1, -0.05) is 20.8 Å². The summed E-state index contributed by atoms with van der Waals surface area (Å²) in [6.45, 7) is 8.60. The molecule has 160 valence electrons. The first-order valence-corrected chi connectivity index (χ1v) is 11.6. The van der Waals surface area contributed by atoms with Gasteiger partial charge in [0.15, 0.2) is 0 Å². The van der Waals surface area contributed by atoms with Crippen molar-refractivity contribution < 1.29 is 4.79 Å². The summed E-state index contributed by atoms with van der Waals surface area (Å²) < 4.78 is 1.67. The quantitative estimate of drug-likeness (QED) is 0.599. The van der Waals surface area contributed by atoms with E-state index in [0.29, 0.717) is 34.4 Å². The number of rotatable bonds is 6. The highest BCUT2D eigenvalue weighted by Gasteiger charge is 2.56. The van der Waals surface area contributed by atoms with Gasteiger partial charge in [-0.05, 0) is 71.3 Å². The number of aromatic nitrogens is 2. The van der Waals surface area contributed by atoms with Crippen LogP contribution in [0, 0.1) is 23.2 Å². The van der Waals surface area contributed by atoms with Crippen molar-refractivity contribution in [3.8, 4) is 0 Å². The number of halogens is 1. The molecule has 1 saturated heterocycles. The first-order valence-electron chi connectivity index (χ1n) is 10.8. The molecular weight excluding hydrogens is 434 g/mol. The third-order valence-electron chi connectivity index (χ3n) is 7.68. The molecule has 3 aliphatic carbocycles. The fourth-order valence-corrected chi connectivity index (χ4v) is 6.00. The molecule has 0 radical (unpaired) electrons. The maximum atomic E-state index is 12.7. The minimum atomic E-state index is -0.280. The van der Waals surface area contributed by atoms with Crippen LogP contribution in [0.5, 0.6) is 0 Å². The predicted molar refractivity (Wildman–Crippen MR) is 117 cm³/mol. The Hall–Kier alpha value is -1.41. The summed E-state index contributed by atoms with van der Waals surface area (Å²) in [7, 11) is 0. The molecule has 29 heavy (non-hydrogen) atoms. The van der Waals surface area contributed by atoms with E-state index in [0.717, 1.165) is 43.3 Å². The van der Waals surface area contributed by atoms with Crippen LogP contribution in [-0.4, -0.2) is 40.9 Å². The van der Waals surface area contributed by atoms with Crippen LogP contribution in [0.2, 0.25) is 0 Å². The molecular formula is C21H32BrN5O2. The van der Waals surface area contributed by atoms with Crippen molar-refractivity contribution in [1.29, 1.82) is 0 Å². The third-order valence-corrected chi connectivity index (χ3v) is 8.45. The van der Waals surface area contributed by atoms with Crippen LogP contribution in [0.3, 0.4) is 0 Å². The van der Waals surface area contributed by atoms with E-state index in [9.17, 15) is 9.59 Å². The first kappa shape index (κ1) is 20.8. The number of carbonyl (C=O) groups excluding carboxylic acids is 1. The lowest BCUT2D eigenvalue weighted by atomic mass is 9.45. The maximum absolute atomic E-state index is 12.7. The lowest BCUT2D eigenvalue weighted by Crippen LogP contribution is -2.58. The fourth-order valence-electron chi connectivity index (χ4n) is 5.58. The molecule has 7 nitrogen and oxygen atoms in total. The summed E-state index contributed by atoms with van der Waals surface area (Å²) in [4.78, 5) is 24.9. The molecule has 3 saturated carbocycles. The number of fused-ring (bicyclic) bond motifs is 2. The standard InChI is InChI=1S/C21H32BrN5O2/c1-12-15-7-13(21(15,2)3)8-16(12)26-17-10-25-27(20(29)19(17)22)11-18(28)24-9-14-5-4-6-23-14/h10,12-16,23,26H,4-9,11H2,1-3H3,(H,24,28)/t12-,13-,14-,15+,16-/m1/s1. The summed E-state index contributed by atoms with van der Waals surface area (Å²) in [5.74, 6) is 1.83. The van der Waals surface area contributed by atoms with Crippen LogP contribution in [-0.2, 0) is 11.3 Å². The Morgan fingerprint density at radius 2 is 2.21 bits per heavy atom. The van der Waals surface area contributed by atoms with Crippen LogP contribution >= 0.6 is 15.9 Å². The minimum Gasteiger partial charge on any atom is -0.380 e. The third kappa shape index (κ3) is 3.98. The summed E-state index contributed by atoms with van der Waals surface area (Å²) in [5.41, 5.74) is 0.869. The van der Waals surface area contributed by atoms with Gasteiger partial charge in [0.1, 0.15) is 11.0 Å². The molecule has 1 aliphatic heterocycles. The van der Waals surface area contributed by atoms with Crippen LogP contribution in [0.25, 0.3) is 0 Å². The Morgan fingerprint density at radius 1 is 1.41 bits per heavy atom. The van der Waals surface area contributed by atoms with Gasteiger partial charge < -0.3 is 16.0 Å². The zero-order chi connectivity index (χ0) is 20.8. The average molecular weight is 466 g/mol. The Labute approximate surface area is 180 Å². The van der Waals surface area contributed by atoms with E-state index in [2.05, 4.69) is 57.8 Å². The van der Waals surface area contributed by atoms with Crippen LogP contribution in [0.1, 0.15) is 46.5 Å². The number of nitrogens with zero attached hydrogens (tertiary/aromatic N) is 2. The van der Waals surface area contributed by atoms with Gasteiger partial charge in [0, 0.05) is 18.6 Å². The molecule has 0 unspecified atom stereocenters. The second kappa shape index (κ2) is 8.02. The maximum Gasteiger partial charge on any atom is 0.283 e. The van der Waals surface area contributed by atoms with Crippen molar-refractivity contribution >= 4 is 27.5 Å². The number of hydrogen-bond donors (Lipinski definition) is 3. The Kier molecular flexibility index (Phi) is 5.77. The van der Waals surface area contributed by atoms with E-state index < -0.39 is 0 Å². The van der Waals surface area contributed by atoms with Gasteiger partial charge in [-0.2, -0.15) is 5.10 Å². The summed E-state index contributed by atoms with van der Waals surface area (Å²) in [6.07, 6.45) is 6.32. The average Bonchev–Trinajstić information content (AvgIpc) is 3.20. The van der Waals surface area contributed by atoms with Crippen molar-refractivity contribution in [2.45, 2.75) is 65.1 Å². The molecule has 2 bridgehead atoms. The monoisotopic (exact) mass is 465 g/mol. The van der Waals surface area contributed by atoms with Crippen molar-refractivity contribution in [2.75, 3.05) is 18.4 Å². The normalized spacial score (nSPS) is 32.5. The summed E-state index contributed by atoms with van der Waals surface area (Å²) in [6, 6.07) is 0.679. The van der Waals surface area contributed by atoms with Gasteiger partial charge in [-0.25, -0.2) is 4.68 Å². The van der Waals surface area contributed by atoms with E-state index in [1.54, 1.807) is 6.20 Å². The van der Waals surface area contributed by atoms with Crippen LogP contribution in [0.15, 0.2) is 15.5 Å². The molecule has 5 rings (SSSR count). The SMILES string of the molecule is C[C@H]1[C@H](Nc2cnn(CC(=O)NC[C@H]3CCCN3)c(=O)c2Br)C[C@H]2C[C@@H]1C2(C)C. The molecule has 5 atom stereocenters. The Morgan fingerprint density at radius 3 is 2.86 bits per heavy atom. The Balaban J connectivity index is 1.37. The number of anilines is 1. The van der Waals surface area contributed by atoms with Crippen molar-refractivity contribution in [1.82, 2.24) is 20.4 Å². The molecule has 1 aromatic rings. The molecule has 2 heterocycles. The largest absolute Gasteiger partial charge is 0.380 e. The lowest BCUT2D eigenvalue weighted by molar-refractivity contribution is -0.122. The molecule has 0 spiro atoms. The van der Waals surface area contributed by atoms with Crippen LogP contribution in [0.4, 0.5) is 5.69 Å². The molecule has 4 aliphatic rings. The predicted octanol–water partition coefficient (Wildman–Crippen LogP) is 2.36. The van der Waals surface area contributed by atoms with Gasteiger partial charge in [0.2, 0.25) is 5.91 Å². The van der Waals surface area contributed by atoms with Gasteiger partial charge in [-0.3, -0.25) is 9.59 Å². The number of nitrogens with one attached hydrogen (secondary N) is 3. The van der Waals surface area contributed by atoms with E-state index in [1.165, 1.54) is 11.1 Å². The van der Waals surface area contributed by atoms with Crippen molar-refractivity contribution in [2.24, 2.45) is 23.2 Å². The highest BCUT2D eigenvalue weighted by molar-refractivity contribution is 9.10. The zero-order valence-corrected chi connectivity index (χ0v) is 19.1. The van der Waals surface area contributed by atoms with Gasteiger partial charge in [0.25, 0.3) is 5.56 Å². The second-order valence-corrected chi connectivity index (χ2v) is 10.4. The van der Waals surface area contributed by atoms with Gasteiger partial charge >= 0.3 is 0 Å². The molecule has 4 fully saturated rings. The molecule has 0 aromatic carbocycles. The lowest BCUT2D eigenvalue weighted by Gasteiger charge is -2.62. The number of hydrogen-bond acceptors (Lipinski definition) is 5. The zero-order valence-electron chi connectivity index (χ0n) is 17.5. The molecule has 1 aromatic heterocycles. The first-order chi connectivity index (χ1) is 13.8. The van der Waals surface area contributed by atoms with Crippen molar-refractivity contribution in [3.63, 3.8) is 0 Å². The molecule has 3 N–H and O–H groups in total. The summed E-state index contributed by atoms with van der Waals surface area (Å²) in [5, 5.41) is 14.0. The smallest absolute Gasteiger partial charge is 0.283 e. The highest BCUT2D eigenvalue weighted by atomic mass is 79.9. The Bertz CT molecular complexity index is 833. The van der Waals surface area contributed by atoms with Gasteiger partial charge in [0.05, 0.1) is 11.9 Å². The van der Waals surface area contributed by atoms with E-state index in [4.69, 9.17) is 0 Å². The number of amides is 1. The summed E-state index contributed by atoms with van der Waals surface area (Å²) >= 11 is 3.43. The topological polar surface area (TPSA) is 88.1 Å². The van der Waals surface area contributed by atoms with E-state index >= 15 is 0 Å². The fraction of sp³-hybridized carbons (Fsp3) is 0.762. The number of carbonyl (C=O) groups is 1. The van der Waals surface area contributed by atoms with Gasteiger partial charge in [-0.15, -0.1) is 0 Å². The molecule has 8 heteroatoms.